The molecule has 3 heteroatoms. The van der Waals surface area contributed by atoms with E-state index in [0.29, 0.717) is 18.4 Å². The average Bonchev–Trinajstić information content (AvgIpc) is 2.91. The lowest BCUT2D eigenvalue weighted by Gasteiger charge is -2.40. The van der Waals surface area contributed by atoms with Gasteiger partial charge in [-0.05, 0) is 75.7 Å². The van der Waals surface area contributed by atoms with E-state index < -0.39 is 11.6 Å². The summed E-state index contributed by atoms with van der Waals surface area (Å²) in [5.41, 5.74) is 4.88. The molecule has 1 aromatic rings. The van der Waals surface area contributed by atoms with Gasteiger partial charge in [0.15, 0.2) is 0 Å². The molecule has 0 fully saturated rings. The maximum absolute atomic E-state index is 13.3. The highest BCUT2D eigenvalue weighted by Crippen LogP contribution is 2.45. The van der Waals surface area contributed by atoms with E-state index in [-0.39, 0.29) is 28.3 Å². The normalized spacial score (nSPS) is 18.7. The summed E-state index contributed by atoms with van der Waals surface area (Å²) < 4.78 is 5.79. The Balaban J connectivity index is 2.29. The minimum atomic E-state index is -1.05. The van der Waals surface area contributed by atoms with Crippen molar-refractivity contribution in [2.75, 3.05) is 6.61 Å². The molecule has 1 aliphatic rings. The monoisotopic (exact) mass is 550 g/mol. The van der Waals surface area contributed by atoms with Gasteiger partial charge >= 0.3 is 5.97 Å². The van der Waals surface area contributed by atoms with Gasteiger partial charge in [-0.1, -0.05) is 120 Å². The Morgan fingerprint density at radius 3 is 1.95 bits per heavy atom. The molecule has 3 nitrogen and oxygen atoms in total. The standard InChI is InChI=1S/C37H58O3/c1-14-33(6,7)27-18-19-30(31(23-27)36(12,13)17-4)26(5)32(38)40-21-20-37(39)24-28(34(8,9)15-2)22-29(25-37)35(10,11)16-3/h18-19,22-24,39H,5,14-17,20-21,25H2,1-4,6-13H3. The van der Waals surface area contributed by atoms with E-state index in [1.807, 2.05) is 12.1 Å². The van der Waals surface area contributed by atoms with Crippen molar-refractivity contribution in [3.8, 4) is 0 Å². The topological polar surface area (TPSA) is 46.5 Å². The molecule has 1 unspecified atom stereocenters. The third-order valence-electron chi connectivity index (χ3n) is 10.3. The van der Waals surface area contributed by atoms with Gasteiger partial charge in [0.1, 0.15) is 0 Å². The Kier molecular flexibility index (Phi) is 10.6. The molecular weight excluding hydrogens is 492 g/mol. The second-order valence-electron chi connectivity index (χ2n) is 14.6. The molecule has 0 aliphatic heterocycles. The van der Waals surface area contributed by atoms with E-state index in [2.05, 4.69) is 108 Å². The van der Waals surface area contributed by atoms with E-state index in [1.165, 1.54) is 11.1 Å². The molecular formula is C37H58O3. The van der Waals surface area contributed by atoms with Gasteiger partial charge in [-0.25, -0.2) is 4.79 Å². The van der Waals surface area contributed by atoms with Crippen molar-refractivity contribution in [2.24, 2.45) is 10.8 Å². The number of hydrogen-bond acceptors (Lipinski definition) is 3. The first-order chi connectivity index (χ1) is 18.3. The molecule has 40 heavy (non-hydrogen) atoms. The van der Waals surface area contributed by atoms with Gasteiger partial charge < -0.3 is 9.84 Å². The van der Waals surface area contributed by atoms with Gasteiger partial charge in [0.25, 0.3) is 0 Å². The highest BCUT2D eigenvalue weighted by Gasteiger charge is 2.38. The molecule has 1 atom stereocenters. The van der Waals surface area contributed by atoms with Crippen LogP contribution < -0.4 is 0 Å². The lowest BCUT2D eigenvalue weighted by molar-refractivity contribution is -0.137. The maximum Gasteiger partial charge on any atom is 0.338 e. The van der Waals surface area contributed by atoms with Crippen molar-refractivity contribution in [3.05, 3.63) is 64.8 Å². The molecule has 1 aliphatic carbocycles. The summed E-state index contributed by atoms with van der Waals surface area (Å²) in [7, 11) is 0. The molecule has 1 N–H and O–H groups in total. The van der Waals surface area contributed by atoms with Crippen LogP contribution in [0, 0.1) is 10.8 Å². The number of carbonyl (C=O) groups is 1. The summed E-state index contributed by atoms with van der Waals surface area (Å²) in [6, 6.07) is 6.43. The molecule has 0 amide bonds. The SMILES string of the molecule is C=C(C(=O)OCCC1(O)C=C(C(C)(C)CC)C=C(C(C)(C)CC)C1)c1ccc(C(C)(C)CC)cc1C(C)(C)CC. The van der Waals surface area contributed by atoms with Crippen molar-refractivity contribution < 1.29 is 14.6 Å². The average molecular weight is 551 g/mol. The summed E-state index contributed by atoms with van der Waals surface area (Å²) in [4.78, 5) is 13.3. The van der Waals surface area contributed by atoms with Crippen LogP contribution in [0.4, 0.5) is 0 Å². The molecule has 2 rings (SSSR count). The quantitative estimate of drug-likeness (QED) is 0.196. The third-order valence-corrected chi connectivity index (χ3v) is 10.3. The third kappa shape index (κ3) is 7.58. The predicted octanol–water partition coefficient (Wildman–Crippen LogP) is 9.87. The summed E-state index contributed by atoms with van der Waals surface area (Å²) in [5, 5.41) is 11.8. The summed E-state index contributed by atoms with van der Waals surface area (Å²) >= 11 is 0. The number of aliphatic hydroxyl groups is 1. The van der Waals surface area contributed by atoms with Crippen molar-refractivity contribution >= 4 is 11.5 Å². The highest BCUT2D eigenvalue weighted by molar-refractivity contribution is 6.16. The summed E-state index contributed by atoms with van der Waals surface area (Å²) in [6.07, 6.45) is 9.17. The van der Waals surface area contributed by atoms with Crippen molar-refractivity contribution in [1.29, 1.82) is 0 Å². The van der Waals surface area contributed by atoms with E-state index >= 15 is 0 Å². The van der Waals surface area contributed by atoms with Crippen LogP contribution in [0.5, 0.6) is 0 Å². The zero-order valence-corrected chi connectivity index (χ0v) is 27.8. The maximum atomic E-state index is 13.3. The first-order valence-electron chi connectivity index (χ1n) is 15.5. The molecule has 0 saturated heterocycles. The number of rotatable bonds is 13. The highest BCUT2D eigenvalue weighted by atomic mass is 16.5. The van der Waals surface area contributed by atoms with E-state index in [9.17, 15) is 9.90 Å². The fraction of sp³-hybridized carbons (Fsp3) is 0.649. The van der Waals surface area contributed by atoms with Gasteiger partial charge in [0.2, 0.25) is 0 Å². The molecule has 224 valence electrons. The second kappa shape index (κ2) is 12.4. The van der Waals surface area contributed by atoms with Crippen LogP contribution in [0.2, 0.25) is 0 Å². The largest absolute Gasteiger partial charge is 0.462 e. The van der Waals surface area contributed by atoms with Crippen LogP contribution >= 0.6 is 0 Å². The second-order valence-corrected chi connectivity index (χ2v) is 14.6. The summed E-state index contributed by atoms with van der Waals surface area (Å²) in [6.45, 7) is 31.0. The molecule has 0 spiro atoms. The minimum Gasteiger partial charge on any atom is -0.462 e. The van der Waals surface area contributed by atoms with Crippen LogP contribution in [0.3, 0.4) is 0 Å². The molecule has 1 aromatic carbocycles. The lowest BCUT2D eigenvalue weighted by Crippen LogP contribution is -2.36. The van der Waals surface area contributed by atoms with Gasteiger partial charge in [0, 0.05) is 12.8 Å². The fourth-order valence-electron chi connectivity index (χ4n) is 5.07. The Morgan fingerprint density at radius 2 is 1.43 bits per heavy atom. The van der Waals surface area contributed by atoms with E-state index in [1.54, 1.807) is 0 Å². The number of ether oxygens (including phenoxy) is 1. The molecule has 0 heterocycles. The minimum absolute atomic E-state index is 0.0107. The Morgan fingerprint density at radius 1 is 0.875 bits per heavy atom. The molecule has 0 saturated carbocycles. The number of carbonyl (C=O) groups excluding carboxylic acids is 1. The van der Waals surface area contributed by atoms with Crippen LogP contribution in [-0.2, 0) is 20.4 Å². The van der Waals surface area contributed by atoms with Gasteiger partial charge in [-0.2, -0.15) is 0 Å². The Bertz CT molecular complexity index is 1140. The van der Waals surface area contributed by atoms with Crippen LogP contribution in [-0.4, -0.2) is 23.3 Å². The first kappa shape index (κ1) is 34.1. The molecule has 0 radical (unpaired) electrons. The fourth-order valence-corrected chi connectivity index (χ4v) is 5.07. The van der Waals surface area contributed by atoms with Gasteiger partial charge in [-0.15, -0.1) is 0 Å². The van der Waals surface area contributed by atoms with Crippen molar-refractivity contribution in [1.82, 2.24) is 0 Å². The van der Waals surface area contributed by atoms with Gasteiger partial charge in [-0.3, -0.25) is 0 Å². The van der Waals surface area contributed by atoms with E-state index in [0.717, 1.165) is 42.4 Å². The number of esters is 1. The van der Waals surface area contributed by atoms with Crippen molar-refractivity contribution in [3.63, 3.8) is 0 Å². The van der Waals surface area contributed by atoms with Crippen LogP contribution in [0.1, 0.15) is 138 Å². The first-order valence-corrected chi connectivity index (χ1v) is 15.5. The van der Waals surface area contributed by atoms with Crippen LogP contribution in [0.15, 0.2) is 48.1 Å². The predicted molar refractivity (Wildman–Crippen MR) is 172 cm³/mol. The zero-order valence-electron chi connectivity index (χ0n) is 27.8. The van der Waals surface area contributed by atoms with Crippen LogP contribution in [0.25, 0.3) is 5.57 Å². The Hall–Kier alpha value is -2.13. The Labute approximate surface area is 246 Å². The number of benzene rings is 1. The van der Waals surface area contributed by atoms with Crippen molar-refractivity contribution in [2.45, 2.75) is 138 Å². The zero-order chi connectivity index (χ0) is 30.7. The lowest BCUT2D eigenvalue weighted by atomic mass is 9.68. The van der Waals surface area contributed by atoms with E-state index in [4.69, 9.17) is 4.74 Å². The van der Waals surface area contributed by atoms with Gasteiger partial charge in [0.05, 0.1) is 17.8 Å². The number of hydrogen-bond donors (Lipinski definition) is 1. The summed E-state index contributed by atoms with van der Waals surface area (Å²) in [5.74, 6) is -0.419. The smallest absolute Gasteiger partial charge is 0.338 e. The number of allylic oxidation sites excluding steroid dienone is 2. The molecule has 0 bridgehead atoms. The molecule has 0 aromatic heterocycles.